The number of nitrogens with one attached hydrogen (secondary N) is 1. The molecule has 0 radical (unpaired) electrons. The molecule has 0 aromatic rings. The van der Waals surface area contributed by atoms with Crippen LogP contribution in [0, 0.1) is 11.8 Å². The molecule has 3 N–H and O–H groups in total. The molecular formula is C22H40N2O3S. The molecule has 6 heteroatoms. The normalized spacial score (nSPS) is 31.2. The van der Waals surface area contributed by atoms with E-state index in [-0.39, 0.29) is 11.2 Å². The standard InChI is InChI=1S/C22H40N2O3S/c1-4-16(3)7-6-12-28-20-13-21(26)24(22(20)27)15-17-8-10-18(11-9-17)19(25)14-23-5-2/h17-18,20-23,26-27H,3-15H2,1-2H3/t17?,18?,20?,21-,22+/m0/s1. The largest absolute Gasteiger partial charge is 0.378 e. The number of aliphatic hydroxyl groups excluding tert-OH is 2. The first-order chi connectivity index (χ1) is 13.5. The van der Waals surface area contributed by atoms with Crippen molar-refractivity contribution in [3.63, 3.8) is 0 Å². The molecule has 1 unspecified atom stereocenters. The second-order valence-corrected chi connectivity index (χ2v) is 9.75. The van der Waals surface area contributed by atoms with Crippen LogP contribution < -0.4 is 5.32 Å². The first-order valence-electron chi connectivity index (χ1n) is 11.1. The predicted octanol–water partition coefficient (Wildman–Crippen LogP) is 3.16. The molecule has 1 saturated heterocycles. The van der Waals surface area contributed by atoms with Crippen molar-refractivity contribution < 1.29 is 15.0 Å². The molecule has 28 heavy (non-hydrogen) atoms. The minimum absolute atomic E-state index is 0.0860. The number of carbonyl (C=O) groups excluding carboxylic acids is 1. The lowest BCUT2D eigenvalue weighted by atomic mass is 9.79. The summed E-state index contributed by atoms with van der Waals surface area (Å²) in [7, 11) is 0. The number of likely N-dealkylation sites (tertiary alicyclic amines) is 1. The highest BCUT2D eigenvalue weighted by Crippen LogP contribution is 2.36. The van der Waals surface area contributed by atoms with Gasteiger partial charge in [-0.15, -0.1) is 0 Å². The average molecular weight is 413 g/mol. The Labute approximate surface area is 175 Å². The van der Waals surface area contributed by atoms with Crippen LogP contribution in [0.2, 0.25) is 0 Å². The molecule has 2 rings (SSSR count). The average Bonchev–Trinajstić information content (AvgIpc) is 2.97. The number of carbonyl (C=O) groups is 1. The van der Waals surface area contributed by atoms with Gasteiger partial charge in [-0.3, -0.25) is 9.69 Å². The Morgan fingerprint density at radius 1 is 1.21 bits per heavy atom. The molecule has 162 valence electrons. The fourth-order valence-corrected chi connectivity index (χ4v) is 5.58. The maximum absolute atomic E-state index is 12.2. The quantitative estimate of drug-likeness (QED) is 0.338. The summed E-state index contributed by atoms with van der Waals surface area (Å²) in [5, 5.41) is 24.4. The number of hydrogen-bond donors (Lipinski definition) is 3. The summed E-state index contributed by atoms with van der Waals surface area (Å²) < 4.78 is 0. The third kappa shape index (κ3) is 7.13. The van der Waals surface area contributed by atoms with E-state index in [0.29, 0.717) is 24.7 Å². The van der Waals surface area contributed by atoms with Gasteiger partial charge in [0.15, 0.2) is 0 Å². The maximum Gasteiger partial charge on any atom is 0.149 e. The van der Waals surface area contributed by atoms with Gasteiger partial charge in [0.05, 0.1) is 6.54 Å². The Bertz CT molecular complexity index is 494. The van der Waals surface area contributed by atoms with Crippen molar-refractivity contribution in [2.45, 2.75) is 82.9 Å². The van der Waals surface area contributed by atoms with Crippen molar-refractivity contribution in [2.24, 2.45) is 11.8 Å². The molecular weight excluding hydrogens is 372 g/mol. The highest BCUT2D eigenvalue weighted by molar-refractivity contribution is 7.99. The minimum Gasteiger partial charge on any atom is -0.378 e. The molecule has 1 aliphatic carbocycles. The first-order valence-corrected chi connectivity index (χ1v) is 12.1. The Kier molecular flexibility index (Phi) is 10.5. The van der Waals surface area contributed by atoms with Gasteiger partial charge in [0, 0.05) is 24.1 Å². The van der Waals surface area contributed by atoms with Gasteiger partial charge in [0.1, 0.15) is 18.2 Å². The van der Waals surface area contributed by atoms with E-state index in [4.69, 9.17) is 0 Å². The van der Waals surface area contributed by atoms with Gasteiger partial charge in [-0.05, 0) is 63.2 Å². The molecule has 2 fully saturated rings. The lowest BCUT2D eigenvalue weighted by Crippen LogP contribution is -2.42. The summed E-state index contributed by atoms with van der Waals surface area (Å²) in [5.74, 6) is 1.98. The molecule has 0 aromatic heterocycles. The van der Waals surface area contributed by atoms with Crippen molar-refractivity contribution >= 4 is 17.5 Å². The van der Waals surface area contributed by atoms with Gasteiger partial charge in [-0.2, -0.15) is 11.8 Å². The molecule has 0 aromatic carbocycles. The van der Waals surface area contributed by atoms with Crippen LogP contribution in [0.3, 0.4) is 0 Å². The highest BCUT2D eigenvalue weighted by Gasteiger charge is 2.40. The second-order valence-electron chi connectivity index (χ2n) is 8.41. The van der Waals surface area contributed by atoms with Gasteiger partial charge in [-0.1, -0.05) is 26.0 Å². The summed E-state index contributed by atoms with van der Waals surface area (Å²) in [6.07, 6.45) is 6.58. The number of likely N-dealkylation sites (N-methyl/N-ethyl adjacent to an activating group) is 1. The minimum atomic E-state index is -0.567. The van der Waals surface area contributed by atoms with E-state index < -0.39 is 12.5 Å². The van der Waals surface area contributed by atoms with E-state index in [1.807, 2.05) is 11.8 Å². The fourth-order valence-electron chi connectivity index (χ4n) is 4.33. The van der Waals surface area contributed by atoms with Crippen LogP contribution >= 0.6 is 11.8 Å². The van der Waals surface area contributed by atoms with Crippen LogP contribution in [0.25, 0.3) is 0 Å². The fraction of sp³-hybridized carbons (Fsp3) is 0.864. The van der Waals surface area contributed by atoms with Crippen molar-refractivity contribution in [3.05, 3.63) is 12.2 Å². The van der Waals surface area contributed by atoms with Gasteiger partial charge in [-0.25, -0.2) is 0 Å². The molecule has 0 spiro atoms. The second kappa shape index (κ2) is 12.3. The highest BCUT2D eigenvalue weighted by atomic mass is 32.2. The van der Waals surface area contributed by atoms with Crippen LogP contribution in [0.1, 0.15) is 65.2 Å². The van der Waals surface area contributed by atoms with Gasteiger partial charge in [0.2, 0.25) is 0 Å². The summed E-state index contributed by atoms with van der Waals surface area (Å²) in [6, 6.07) is 0. The van der Waals surface area contributed by atoms with Crippen molar-refractivity contribution in [3.8, 4) is 0 Å². The number of hydrogen-bond acceptors (Lipinski definition) is 6. The molecule has 1 heterocycles. The Balaban J connectivity index is 1.71. The molecule has 1 aliphatic heterocycles. The Hall–Kier alpha value is -0.400. The van der Waals surface area contributed by atoms with Gasteiger partial charge < -0.3 is 15.5 Å². The Morgan fingerprint density at radius 3 is 2.57 bits per heavy atom. The number of allylic oxidation sites excluding steroid dienone is 1. The third-order valence-corrected chi connectivity index (χ3v) is 7.71. The zero-order valence-electron chi connectivity index (χ0n) is 17.7. The van der Waals surface area contributed by atoms with Crippen molar-refractivity contribution in [1.29, 1.82) is 0 Å². The number of ketones is 1. The molecule has 0 amide bonds. The molecule has 2 aliphatic rings. The molecule has 3 atom stereocenters. The predicted molar refractivity (Wildman–Crippen MR) is 117 cm³/mol. The number of nitrogens with zero attached hydrogens (tertiary/aromatic N) is 1. The van der Waals surface area contributed by atoms with Gasteiger partial charge in [0.25, 0.3) is 0 Å². The lowest BCUT2D eigenvalue weighted by Gasteiger charge is -2.33. The van der Waals surface area contributed by atoms with E-state index >= 15 is 0 Å². The summed E-state index contributed by atoms with van der Waals surface area (Å²) in [6.45, 7) is 10.3. The van der Waals surface area contributed by atoms with Crippen molar-refractivity contribution in [2.75, 3.05) is 25.4 Å². The van der Waals surface area contributed by atoms with Crippen molar-refractivity contribution in [1.82, 2.24) is 10.2 Å². The number of aliphatic hydroxyl groups is 2. The van der Waals surface area contributed by atoms with Crippen LogP contribution in [0.4, 0.5) is 0 Å². The molecule has 1 saturated carbocycles. The van der Waals surface area contributed by atoms with E-state index in [2.05, 4.69) is 18.8 Å². The summed E-state index contributed by atoms with van der Waals surface area (Å²) in [5.41, 5.74) is 1.29. The summed E-state index contributed by atoms with van der Waals surface area (Å²) >= 11 is 1.78. The van der Waals surface area contributed by atoms with E-state index in [0.717, 1.165) is 63.8 Å². The Morgan fingerprint density at radius 2 is 1.93 bits per heavy atom. The monoisotopic (exact) mass is 412 g/mol. The topological polar surface area (TPSA) is 72.8 Å². The van der Waals surface area contributed by atoms with E-state index in [1.165, 1.54) is 5.57 Å². The third-order valence-electron chi connectivity index (χ3n) is 6.33. The molecule has 5 nitrogen and oxygen atoms in total. The SMILES string of the molecule is C=C(CC)CCCSC1C[C@H](O)N(CC2CCC(C(=O)CNCC)CC2)[C@@H]1O. The van der Waals surface area contributed by atoms with Crippen LogP contribution in [-0.2, 0) is 4.79 Å². The molecule has 0 bridgehead atoms. The maximum atomic E-state index is 12.2. The van der Waals surface area contributed by atoms with Crippen LogP contribution in [0.5, 0.6) is 0 Å². The van der Waals surface area contributed by atoms with E-state index in [1.54, 1.807) is 11.8 Å². The summed E-state index contributed by atoms with van der Waals surface area (Å²) in [4.78, 5) is 14.1. The van der Waals surface area contributed by atoms with Crippen LogP contribution in [0.15, 0.2) is 12.2 Å². The van der Waals surface area contributed by atoms with Gasteiger partial charge >= 0.3 is 0 Å². The zero-order chi connectivity index (χ0) is 20.5. The van der Waals surface area contributed by atoms with Crippen LogP contribution in [-0.4, -0.2) is 64.0 Å². The first kappa shape index (κ1) is 23.9. The van der Waals surface area contributed by atoms with E-state index in [9.17, 15) is 15.0 Å². The number of rotatable bonds is 12. The number of thioether (sulfide) groups is 1. The zero-order valence-corrected chi connectivity index (χ0v) is 18.6. The number of Topliss-reactive ketones (excluding diaryl/α,β-unsaturated/α-hetero) is 1. The lowest BCUT2D eigenvalue weighted by molar-refractivity contribution is -0.123. The smallest absolute Gasteiger partial charge is 0.149 e.